The highest BCUT2D eigenvalue weighted by molar-refractivity contribution is 5.84. The molecule has 16 heavy (non-hydrogen) atoms. The molecule has 2 atom stereocenters. The summed E-state index contributed by atoms with van der Waals surface area (Å²) in [5.41, 5.74) is 0. The first-order valence-electron chi connectivity index (χ1n) is 6.04. The van der Waals surface area contributed by atoms with E-state index in [4.69, 9.17) is 5.11 Å². The van der Waals surface area contributed by atoms with E-state index >= 15 is 0 Å². The van der Waals surface area contributed by atoms with Crippen LogP contribution in [0.5, 0.6) is 0 Å². The summed E-state index contributed by atoms with van der Waals surface area (Å²) >= 11 is 0. The normalized spacial score (nSPS) is 20.4. The van der Waals surface area contributed by atoms with Crippen LogP contribution in [0.4, 0.5) is 0 Å². The van der Waals surface area contributed by atoms with Crippen molar-refractivity contribution in [2.45, 2.75) is 52.0 Å². The highest BCUT2D eigenvalue weighted by atomic mass is 16.4. The van der Waals surface area contributed by atoms with Crippen molar-refractivity contribution >= 4 is 11.9 Å². The number of carbonyl (C=O) groups excluding carboxylic acids is 1. The van der Waals surface area contributed by atoms with Crippen molar-refractivity contribution in [1.29, 1.82) is 0 Å². The van der Waals surface area contributed by atoms with E-state index in [1.807, 2.05) is 6.92 Å². The predicted molar refractivity (Wildman–Crippen MR) is 61.0 cm³/mol. The van der Waals surface area contributed by atoms with E-state index in [9.17, 15) is 9.59 Å². The lowest BCUT2D eigenvalue weighted by Crippen LogP contribution is -2.41. The van der Waals surface area contributed by atoms with Crippen molar-refractivity contribution in [2.24, 2.45) is 11.8 Å². The summed E-state index contributed by atoms with van der Waals surface area (Å²) in [4.78, 5) is 22.3. The van der Waals surface area contributed by atoms with Crippen molar-refractivity contribution < 1.29 is 14.7 Å². The lowest BCUT2D eigenvalue weighted by molar-refractivity contribution is -0.141. The third-order valence-electron chi connectivity index (χ3n) is 3.34. The monoisotopic (exact) mass is 227 g/mol. The number of amides is 1. The molecule has 0 aromatic rings. The Labute approximate surface area is 96.4 Å². The Kier molecular flexibility index (Phi) is 4.77. The number of carboxylic acid groups (broad SMARTS) is 1. The van der Waals surface area contributed by atoms with Gasteiger partial charge in [-0.2, -0.15) is 0 Å². The Morgan fingerprint density at radius 3 is 2.38 bits per heavy atom. The summed E-state index contributed by atoms with van der Waals surface area (Å²) in [7, 11) is 0. The molecule has 1 amide bonds. The Balaban J connectivity index is 2.32. The quantitative estimate of drug-likeness (QED) is 0.752. The number of nitrogens with one attached hydrogen (secondary N) is 1. The highest BCUT2D eigenvalue weighted by Gasteiger charge is 2.23. The largest absolute Gasteiger partial charge is 0.480 e. The maximum atomic E-state index is 11.7. The van der Waals surface area contributed by atoms with Crippen molar-refractivity contribution in [1.82, 2.24) is 5.32 Å². The van der Waals surface area contributed by atoms with E-state index in [0.717, 1.165) is 6.42 Å². The molecule has 4 heteroatoms. The van der Waals surface area contributed by atoms with Gasteiger partial charge in [0.1, 0.15) is 6.04 Å². The molecule has 1 aliphatic carbocycles. The second kappa shape index (κ2) is 5.87. The average Bonchev–Trinajstić information content (AvgIpc) is 2.69. The lowest BCUT2D eigenvalue weighted by Gasteiger charge is -2.17. The first-order chi connectivity index (χ1) is 7.50. The maximum absolute atomic E-state index is 11.7. The molecule has 4 nitrogen and oxygen atoms in total. The van der Waals surface area contributed by atoms with Gasteiger partial charge in [0.25, 0.3) is 0 Å². The molecular formula is C12H21NO3. The van der Waals surface area contributed by atoms with Gasteiger partial charge < -0.3 is 10.4 Å². The van der Waals surface area contributed by atoms with Crippen LogP contribution < -0.4 is 5.32 Å². The second-order valence-electron chi connectivity index (χ2n) is 4.86. The fraction of sp³-hybridized carbons (Fsp3) is 0.833. The van der Waals surface area contributed by atoms with Crippen molar-refractivity contribution in [3.05, 3.63) is 0 Å². The molecule has 92 valence electrons. The number of hydrogen-bond acceptors (Lipinski definition) is 2. The molecule has 1 aliphatic rings. The molecule has 0 bridgehead atoms. The Morgan fingerprint density at radius 1 is 1.31 bits per heavy atom. The molecule has 2 N–H and O–H groups in total. The van der Waals surface area contributed by atoms with Gasteiger partial charge in [-0.25, -0.2) is 0 Å². The topological polar surface area (TPSA) is 66.4 Å². The number of rotatable bonds is 5. The van der Waals surface area contributed by atoms with Crippen molar-refractivity contribution in [3.63, 3.8) is 0 Å². The summed E-state index contributed by atoms with van der Waals surface area (Å²) in [6, 6.07) is -0.793. The Morgan fingerprint density at radius 2 is 1.88 bits per heavy atom. The predicted octanol–water partition coefficient (Wildman–Crippen LogP) is 1.79. The van der Waals surface area contributed by atoms with Gasteiger partial charge >= 0.3 is 5.97 Å². The molecular weight excluding hydrogens is 206 g/mol. The van der Waals surface area contributed by atoms with E-state index in [-0.39, 0.29) is 11.8 Å². The van der Waals surface area contributed by atoms with Gasteiger partial charge in [0.2, 0.25) is 5.91 Å². The first kappa shape index (κ1) is 13.0. The molecule has 2 unspecified atom stereocenters. The maximum Gasteiger partial charge on any atom is 0.325 e. The van der Waals surface area contributed by atoms with Crippen molar-refractivity contribution in [3.8, 4) is 0 Å². The zero-order chi connectivity index (χ0) is 12.1. The molecule has 0 spiro atoms. The summed E-state index contributed by atoms with van der Waals surface area (Å²) in [5, 5.41) is 11.2. The van der Waals surface area contributed by atoms with Gasteiger partial charge in [-0.15, -0.1) is 0 Å². The average molecular weight is 227 g/mol. The minimum absolute atomic E-state index is 0.0788. The fourth-order valence-corrected chi connectivity index (χ4v) is 2.27. The number of hydrogen-bond donors (Lipinski definition) is 2. The second-order valence-corrected chi connectivity index (χ2v) is 4.86. The SMILES string of the molecule is CC(CC1CCCC1)C(=O)NC(C)C(=O)O. The molecule has 1 saturated carbocycles. The van der Waals surface area contributed by atoms with Crippen LogP contribution in [-0.2, 0) is 9.59 Å². The molecule has 0 radical (unpaired) electrons. The summed E-state index contributed by atoms with van der Waals surface area (Å²) < 4.78 is 0. The van der Waals surface area contributed by atoms with Crippen LogP contribution >= 0.6 is 0 Å². The lowest BCUT2D eigenvalue weighted by atomic mass is 9.94. The molecule has 0 heterocycles. The van der Waals surface area contributed by atoms with Crippen LogP contribution in [0.1, 0.15) is 46.0 Å². The van der Waals surface area contributed by atoms with E-state index in [1.165, 1.54) is 32.6 Å². The van der Waals surface area contributed by atoms with Crippen LogP contribution in [-0.4, -0.2) is 23.0 Å². The van der Waals surface area contributed by atoms with Gasteiger partial charge in [-0.3, -0.25) is 9.59 Å². The molecule has 1 rings (SSSR count). The molecule has 1 fully saturated rings. The smallest absolute Gasteiger partial charge is 0.325 e. The Hall–Kier alpha value is -1.06. The van der Waals surface area contributed by atoms with Gasteiger partial charge in [-0.05, 0) is 19.3 Å². The van der Waals surface area contributed by atoms with Crippen LogP contribution in [0, 0.1) is 11.8 Å². The molecule has 0 saturated heterocycles. The van der Waals surface area contributed by atoms with Crippen LogP contribution in [0.25, 0.3) is 0 Å². The van der Waals surface area contributed by atoms with Gasteiger partial charge in [0, 0.05) is 5.92 Å². The number of carbonyl (C=O) groups is 2. The van der Waals surface area contributed by atoms with Gasteiger partial charge in [0.15, 0.2) is 0 Å². The van der Waals surface area contributed by atoms with E-state index in [2.05, 4.69) is 5.32 Å². The van der Waals surface area contributed by atoms with Crippen LogP contribution in [0.15, 0.2) is 0 Å². The summed E-state index contributed by atoms with van der Waals surface area (Å²) in [6.07, 6.45) is 5.85. The fourth-order valence-electron chi connectivity index (χ4n) is 2.27. The number of carboxylic acids is 1. The zero-order valence-corrected chi connectivity index (χ0v) is 10.0. The molecule has 0 aromatic carbocycles. The van der Waals surface area contributed by atoms with Gasteiger partial charge in [-0.1, -0.05) is 32.6 Å². The van der Waals surface area contributed by atoms with Crippen LogP contribution in [0.2, 0.25) is 0 Å². The number of aliphatic carboxylic acids is 1. The third-order valence-corrected chi connectivity index (χ3v) is 3.34. The summed E-state index contributed by atoms with van der Waals surface area (Å²) in [6.45, 7) is 3.37. The van der Waals surface area contributed by atoms with Gasteiger partial charge in [0.05, 0.1) is 0 Å². The Bertz CT molecular complexity index is 259. The molecule has 0 aliphatic heterocycles. The van der Waals surface area contributed by atoms with Crippen LogP contribution in [0.3, 0.4) is 0 Å². The van der Waals surface area contributed by atoms with E-state index in [1.54, 1.807) is 0 Å². The molecule has 0 aromatic heterocycles. The van der Waals surface area contributed by atoms with E-state index in [0.29, 0.717) is 5.92 Å². The highest BCUT2D eigenvalue weighted by Crippen LogP contribution is 2.30. The first-order valence-corrected chi connectivity index (χ1v) is 6.04. The van der Waals surface area contributed by atoms with E-state index < -0.39 is 12.0 Å². The minimum atomic E-state index is -0.985. The standard InChI is InChI=1S/C12H21NO3/c1-8(7-10-5-3-4-6-10)11(14)13-9(2)12(15)16/h8-10H,3-7H2,1-2H3,(H,13,14)(H,15,16). The zero-order valence-electron chi connectivity index (χ0n) is 10.0. The van der Waals surface area contributed by atoms with Crippen molar-refractivity contribution in [2.75, 3.05) is 0 Å². The summed E-state index contributed by atoms with van der Waals surface area (Å²) in [5.74, 6) is -0.547. The third kappa shape index (κ3) is 3.83. The minimum Gasteiger partial charge on any atom is -0.480 e.